The van der Waals surface area contributed by atoms with E-state index in [1.165, 1.54) is 25.8 Å². The molecule has 0 aliphatic heterocycles. The second-order valence-corrected chi connectivity index (χ2v) is 5.51. The minimum absolute atomic E-state index is 0.721. The van der Waals surface area contributed by atoms with Crippen LogP contribution in [0, 0.1) is 5.92 Å². The van der Waals surface area contributed by atoms with Crippen molar-refractivity contribution in [2.45, 2.75) is 32.7 Å². The van der Waals surface area contributed by atoms with E-state index < -0.39 is 0 Å². The number of hydrogen-bond donors (Lipinski definition) is 1. The Balaban J connectivity index is 1.74. The van der Waals surface area contributed by atoms with Crippen molar-refractivity contribution >= 4 is 16.8 Å². The van der Waals surface area contributed by atoms with Crippen molar-refractivity contribution in [2.24, 2.45) is 5.92 Å². The largest absolute Gasteiger partial charge is 0.439 e. The number of rotatable bonds is 6. The molecule has 4 heteroatoms. The van der Waals surface area contributed by atoms with Gasteiger partial charge in [-0.05, 0) is 43.9 Å². The van der Waals surface area contributed by atoms with Crippen LogP contribution in [0.2, 0.25) is 0 Å². The Morgan fingerprint density at radius 2 is 2.26 bits per heavy atom. The molecule has 1 aliphatic rings. The summed E-state index contributed by atoms with van der Waals surface area (Å²) in [7, 11) is 0. The summed E-state index contributed by atoms with van der Waals surface area (Å²) in [6, 6.07) is 5.63. The summed E-state index contributed by atoms with van der Waals surface area (Å²) in [5.41, 5.74) is 8.16. The smallest absolute Gasteiger partial charge is 0.209 e. The quantitative estimate of drug-likeness (QED) is 0.810. The SMILES string of the molecule is CCCN(Cc1nc2ccc(N)cc2o1)CC1CC1. The molecule has 1 saturated carbocycles. The number of anilines is 1. The van der Waals surface area contributed by atoms with Gasteiger partial charge in [0, 0.05) is 18.3 Å². The fourth-order valence-corrected chi connectivity index (χ4v) is 2.46. The van der Waals surface area contributed by atoms with Crippen molar-refractivity contribution in [2.75, 3.05) is 18.8 Å². The Morgan fingerprint density at radius 3 is 3.00 bits per heavy atom. The van der Waals surface area contributed by atoms with E-state index >= 15 is 0 Å². The maximum absolute atomic E-state index is 5.79. The predicted molar refractivity (Wildman–Crippen MR) is 76.7 cm³/mol. The maximum Gasteiger partial charge on any atom is 0.209 e. The molecule has 1 aliphatic carbocycles. The van der Waals surface area contributed by atoms with Gasteiger partial charge in [-0.3, -0.25) is 4.90 Å². The highest BCUT2D eigenvalue weighted by Gasteiger charge is 2.24. The molecule has 4 nitrogen and oxygen atoms in total. The average molecular weight is 259 g/mol. The Kier molecular flexibility index (Phi) is 3.42. The van der Waals surface area contributed by atoms with E-state index in [4.69, 9.17) is 10.2 Å². The molecule has 102 valence electrons. The lowest BCUT2D eigenvalue weighted by Gasteiger charge is -2.19. The van der Waals surface area contributed by atoms with Gasteiger partial charge in [-0.1, -0.05) is 6.92 Å². The first-order valence-corrected chi connectivity index (χ1v) is 7.12. The average Bonchev–Trinajstić information content (AvgIpc) is 3.08. The van der Waals surface area contributed by atoms with Gasteiger partial charge in [-0.25, -0.2) is 4.98 Å². The minimum Gasteiger partial charge on any atom is -0.439 e. The van der Waals surface area contributed by atoms with Gasteiger partial charge in [-0.2, -0.15) is 0 Å². The minimum atomic E-state index is 0.721. The first-order chi connectivity index (χ1) is 9.24. The molecule has 0 bridgehead atoms. The molecule has 19 heavy (non-hydrogen) atoms. The number of benzene rings is 1. The van der Waals surface area contributed by atoms with Crippen molar-refractivity contribution in [3.8, 4) is 0 Å². The van der Waals surface area contributed by atoms with Crippen LogP contribution in [0.1, 0.15) is 32.1 Å². The van der Waals surface area contributed by atoms with E-state index in [2.05, 4.69) is 16.8 Å². The number of hydrogen-bond acceptors (Lipinski definition) is 4. The lowest BCUT2D eigenvalue weighted by molar-refractivity contribution is 0.232. The summed E-state index contributed by atoms with van der Waals surface area (Å²) in [5, 5.41) is 0. The summed E-state index contributed by atoms with van der Waals surface area (Å²) in [4.78, 5) is 6.99. The topological polar surface area (TPSA) is 55.3 Å². The Bertz CT molecular complexity index is 560. The van der Waals surface area contributed by atoms with E-state index in [-0.39, 0.29) is 0 Å². The highest BCUT2D eigenvalue weighted by molar-refractivity contribution is 5.76. The molecule has 1 aromatic heterocycles. The van der Waals surface area contributed by atoms with Gasteiger partial charge < -0.3 is 10.2 Å². The lowest BCUT2D eigenvalue weighted by Crippen LogP contribution is -2.26. The van der Waals surface area contributed by atoms with Crippen LogP contribution in [0.15, 0.2) is 22.6 Å². The van der Waals surface area contributed by atoms with Crippen molar-refractivity contribution in [3.63, 3.8) is 0 Å². The van der Waals surface area contributed by atoms with Gasteiger partial charge in [0.15, 0.2) is 5.58 Å². The zero-order valence-electron chi connectivity index (χ0n) is 11.4. The third kappa shape index (κ3) is 3.07. The van der Waals surface area contributed by atoms with E-state index in [0.29, 0.717) is 0 Å². The first kappa shape index (κ1) is 12.5. The fourth-order valence-electron chi connectivity index (χ4n) is 2.46. The van der Waals surface area contributed by atoms with Crippen LogP contribution in [0.5, 0.6) is 0 Å². The normalized spacial score (nSPS) is 15.5. The Hall–Kier alpha value is -1.55. The second-order valence-electron chi connectivity index (χ2n) is 5.51. The van der Waals surface area contributed by atoms with Crippen LogP contribution in [0.3, 0.4) is 0 Å². The standard InChI is InChI=1S/C15H21N3O/c1-2-7-18(9-11-3-4-11)10-15-17-13-6-5-12(16)8-14(13)19-15/h5-6,8,11H,2-4,7,9-10,16H2,1H3. The summed E-state index contributed by atoms with van der Waals surface area (Å²) in [5.74, 6) is 1.70. The van der Waals surface area contributed by atoms with Crippen LogP contribution >= 0.6 is 0 Å². The van der Waals surface area contributed by atoms with Gasteiger partial charge in [0.1, 0.15) is 5.52 Å². The molecular formula is C15H21N3O. The molecule has 0 unspecified atom stereocenters. The van der Waals surface area contributed by atoms with E-state index in [1.807, 2.05) is 18.2 Å². The molecule has 2 aromatic rings. The maximum atomic E-state index is 5.79. The van der Waals surface area contributed by atoms with E-state index in [0.717, 1.165) is 41.7 Å². The molecule has 1 aromatic carbocycles. The molecule has 0 spiro atoms. The van der Waals surface area contributed by atoms with Crippen molar-refractivity contribution in [3.05, 3.63) is 24.1 Å². The Labute approximate surface area is 113 Å². The second kappa shape index (κ2) is 5.21. The molecule has 0 radical (unpaired) electrons. The molecule has 0 atom stereocenters. The van der Waals surface area contributed by atoms with Crippen LogP contribution < -0.4 is 5.73 Å². The summed E-state index contributed by atoms with van der Waals surface area (Å²) in [6.45, 7) is 5.30. The van der Waals surface area contributed by atoms with Gasteiger partial charge >= 0.3 is 0 Å². The highest BCUT2D eigenvalue weighted by Crippen LogP contribution is 2.30. The summed E-state index contributed by atoms with van der Waals surface area (Å²) in [6.07, 6.45) is 3.93. The number of nitrogens with zero attached hydrogens (tertiary/aromatic N) is 2. The summed E-state index contributed by atoms with van der Waals surface area (Å²) < 4.78 is 5.79. The predicted octanol–water partition coefficient (Wildman–Crippen LogP) is 3.03. The van der Waals surface area contributed by atoms with Gasteiger partial charge in [0.2, 0.25) is 5.89 Å². The van der Waals surface area contributed by atoms with E-state index in [1.54, 1.807) is 0 Å². The molecule has 0 saturated heterocycles. The molecule has 0 amide bonds. The number of nitrogen functional groups attached to an aromatic ring is 1. The van der Waals surface area contributed by atoms with Crippen LogP contribution in [-0.4, -0.2) is 23.0 Å². The monoisotopic (exact) mass is 259 g/mol. The third-order valence-corrected chi connectivity index (χ3v) is 3.57. The van der Waals surface area contributed by atoms with Crippen molar-refractivity contribution in [1.82, 2.24) is 9.88 Å². The van der Waals surface area contributed by atoms with Gasteiger partial charge in [0.25, 0.3) is 0 Å². The zero-order chi connectivity index (χ0) is 13.2. The molecular weight excluding hydrogens is 238 g/mol. The zero-order valence-corrected chi connectivity index (χ0v) is 11.4. The number of oxazole rings is 1. The van der Waals surface area contributed by atoms with Crippen molar-refractivity contribution in [1.29, 1.82) is 0 Å². The summed E-state index contributed by atoms with van der Waals surface area (Å²) >= 11 is 0. The molecule has 1 heterocycles. The number of aromatic nitrogens is 1. The molecule has 1 fully saturated rings. The van der Waals surface area contributed by atoms with Crippen molar-refractivity contribution < 1.29 is 4.42 Å². The van der Waals surface area contributed by atoms with Crippen LogP contribution in [0.4, 0.5) is 5.69 Å². The Morgan fingerprint density at radius 1 is 1.42 bits per heavy atom. The van der Waals surface area contributed by atoms with Crippen LogP contribution in [0.25, 0.3) is 11.1 Å². The first-order valence-electron chi connectivity index (χ1n) is 7.12. The molecule has 2 N–H and O–H groups in total. The van der Waals surface area contributed by atoms with Gasteiger partial charge in [0.05, 0.1) is 6.54 Å². The highest BCUT2D eigenvalue weighted by atomic mass is 16.3. The molecule has 3 rings (SSSR count). The number of nitrogens with two attached hydrogens (primary N) is 1. The third-order valence-electron chi connectivity index (χ3n) is 3.57. The van der Waals surface area contributed by atoms with Gasteiger partial charge in [-0.15, -0.1) is 0 Å². The van der Waals surface area contributed by atoms with E-state index in [9.17, 15) is 0 Å². The lowest BCUT2D eigenvalue weighted by atomic mass is 10.3. The van der Waals surface area contributed by atoms with Crippen LogP contribution in [-0.2, 0) is 6.54 Å². The number of fused-ring (bicyclic) bond motifs is 1. The fraction of sp³-hybridized carbons (Fsp3) is 0.533.